The van der Waals surface area contributed by atoms with Crippen LogP contribution >= 0.6 is 0 Å². The Labute approximate surface area is 112 Å². The molecule has 0 saturated carbocycles. The molecule has 6 heteroatoms. The van der Waals surface area contributed by atoms with Crippen LogP contribution < -0.4 is 0 Å². The number of rotatable bonds is 8. The third-order valence-electron chi connectivity index (χ3n) is 3.24. The number of hydrogen-bond donors (Lipinski definition) is 1. The van der Waals surface area contributed by atoms with Gasteiger partial charge in [-0.15, -0.1) is 10.2 Å². The third-order valence-corrected chi connectivity index (χ3v) is 3.24. The first-order valence-corrected chi connectivity index (χ1v) is 6.88. The Morgan fingerprint density at radius 1 is 1.26 bits per heavy atom. The predicted molar refractivity (Wildman–Crippen MR) is 66.8 cm³/mol. The first kappa shape index (κ1) is 14.0. The lowest BCUT2D eigenvalue weighted by Gasteiger charge is -2.05. The van der Waals surface area contributed by atoms with Crippen molar-refractivity contribution in [3.05, 3.63) is 11.8 Å². The molecular formula is C13H20N2O4. The summed E-state index contributed by atoms with van der Waals surface area (Å²) in [6, 6.07) is 0. The van der Waals surface area contributed by atoms with Gasteiger partial charge in [0.1, 0.15) is 0 Å². The summed E-state index contributed by atoms with van der Waals surface area (Å²) in [6.45, 7) is 0.864. The molecule has 1 aromatic rings. The maximum atomic E-state index is 10.4. The molecule has 1 N–H and O–H groups in total. The summed E-state index contributed by atoms with van der Waals surface area (Å²) in [5.41, 5.74) is 0. The molecule has 0 aromatic carbocycles. The molecule has 1 aliphatic rings. The number of carboxylic acid groups (broad SMARTS) is 1. The SMILES string of the molecule is O=C(O)CCCCc1nnc(CCC2CCCO2)o1. The van der Waals surface area contributed by atoms with Crippen LogP contribution in [0.2, 0.25) is 0 Å². The molecule has 1 atom stereocenters. The van der Waals surface area contributed by atoms with E-state index in [0.29, 0.717) is 30.7 Å². The van der Waals surface area contributed by atoms with Crippen LogP contribution in [0, 0.1) is 0 Å². The highest BCUT2D eigenvalue weighted by molar-refractivity contribution is 5.66. The summed E-state index contributed by atoms with van der Waals surface area (Å²) in [5.74, 6) is 0.499. The van der Waals surface area contributed by atoms with Gasteiger partial charge in [0, 0.05) is 25.9 Å². The summed E-state index contributed by atoms with van der Waals surface area (Å²) < 4.78 is 11.1. The lowest BCUT2D eigenvalue weighted by molar-refractivity contribution is -0.137. The normalized spacial score (nSPS) is 18.8. The highest BCUT2D eigenvalue weighted by Crippen LogP contribution is 2.17. The fourth-order valence-electron chi connectivity index (χ4n) is 2.20. The van der Waals surface area contributed by atoms with Gasteiger partial charge in [-0.05, 0) is 32.1 Å². The number of ether oxygens (including phenoxy) is 1. The molecule has 1 saturated heterocycles. The molecule has 1 aromatic heterocycles. The zero-order valence-electron chi connectivity index (χ0n) is 11.0. The molecule has 0 amide bonds. The summed E-state index contributed by atoms with van der Waals surface area (Å²) in [5, 5.41) is 16.5. The van der Waals surface area contributed by atoms with E-state index < -0.39 is 5.97 Å². The van der Waals surface area contributed by atoms with Gasteiger partial charge in [0.05, 0.1) is 6.10 Å². The Hall–Kier alpha value is -1.43. The molecule has 1 aliphatic heterocycles. The Balaban J connectivity index is 1.65. The quantitative estimate of drug-likeness (QED) is 0.725. The van der Waals surface area contributed by atoms with Gasteiger partial charge in [-0.25, -0.2) is 0 Å². The van der Waals surface area contributed by atoms with Crippen molar-refractivity contribution >= 4 is 5.97 Å². The molecule has 19 heavy (non-hydrogen) atoms. The fraction of sp³-hybridized carbons (Fsp3) is 0.769. The van der Waals surface area contributed by atoms with Crippen molar-refractivity contribution in [2.24, 2.45) is 0 Å². The van der Waals surface area contributed by atoms with Crippen LogP contribution in [-0.4, -0.2) is 34.0 Å². The molecule has 1 unspecified atom stereocenters. The van der Waals surface area contributed by atoms with Crippen molar-refractivity contribution < 1.29 is 19.1 Å². The summed E-state index contributed by atoms with van der Waals surface area (Å²) >= 11 is 0. The van der Waals surface area contributed by atoms with Crippen molar-refractivity contribution in [3.8, 4) is 0 Å². The van der Waals surface area contributed by atoms with Gasteiger partial charge in [-0.2, -0.15) is 0 Å². The van der Waals surface area contributed by atoms with Crippen LogP contribution in [0.15, 0.2) is 4.42 Å². The van der Waals surface area contributed by atoms with Gasteiger partial charge in [0.2, 0.25) is 11.8 Å². The minimum absolute atomic E-state index is 0.194. The Morgan fingerprint density at radius 2 is 2.05 bits per heavy atom. The van der Waals surface area contributed by atoms with Crippen LogP contribution in [0.4, 0.5) is 0 Å². The standard InChI is InChI=1S/C13H20N2O4/c16-13(17)6-2-1-5-11-14-15-12(19-11)8-7-10-4-3-9-18-10/h10H,1-9H2,(H,16,17). The fourth-order valence-corrected chi connectivity index (χ4v) is 2.20. The second-order valence-electron chi connectivity index (χ2n) is 4.86. The lowest BCUT2D eigenvalue weighted by Crippen LogP contribution is -2.06. The second kappa shape index (κ2) is 7.23. The number of nitrogens with zero attached hydrogens (tertiary/aromatic N) is 2. The molecule has 0 spiro atoms. The highest BCUT2D eigenvalue weighted by Gasteiger charge is 2.16. The number of aromatic nitrogens is 2. The van der Waals surface area contributed by atoms with Gasteiger partial charge in [-0.1, -0.05) is 0 Å². The molecule has 1 fully saturated rings. The number of unbranched alkanes of at least 4 members (excludes halogenated alkanes) is 1. The van der Waals surface area contributed by atoms with Crippen LogP contribution in [-0.2, 0) is 22.4 Å². The number of aryl methyl sites for hydroxylation is 2. The Bertz CT molecular complexity index is 399. The van der Waals surface area contributed by atoms with E-state index in [1.165, 1.54) is 0 Å². The van der Waals surface area contributed by atoms with Crippen LogP contribution in [0.5, 0.6) is 0 Å². The number of hydrogen-bond acceptors (Lipinski definition) is 5. The van der Waals surface area contributed by atoms with E-state index in [0.717, 1.165) is 38.7 Å². The lowest BCUT2D eigenvalue weighted by atomic mass is 10.1. The molecule has 2 rings (SSSR count). The average molecular weight is 268 g/mol. The van der Waals surface area contributed by atoms with E-state index in [1.807, 2.05) is 0 Å². The van der Waals surface area contributed by atoms with Gasteiger partial charge in [0.15, 0.2) is 0 Å². The van der Waals surface area contributed by atoms with E-state index in [4.69, 9.17) is 14.3 Å². The highest BCUT2D eigenvalue weighted by atomic mass is 16.5. The van der Waals surface area contributed by atoms with Gasteiger partial charge in [0.25, 0.3) is 0 Å². The first-order valence-electron chi connectivity index (χ1n) is 6.88. The van der Waals surface area contributed by atoms with Crippen molar-refractivity contribution in [2.45, 2.75) is 57.5 Å². The van der Waals surface area contributed by atoms with Gasteiger partial charge >= 0.3 is 5.97 Å². The van der Waals surface area contributed by atoms with Crippen LogP contribution in [0.25, 0.3) is 0 Å². The summed E-state index contributed by atoms with van der Waals surface area (Å²) in [7, 11) is 0. The summed E-state index contributed by atoms with van der Waals surface area (Å²) in [4.78, 5) is 10.4. The molecule has 106 valence electrons. The first-order chi connectivity index (χ1) is 9.24. The molecule has 0 aliphatic carbocycles. The number of aliphatic carboxylic acids is 1. The maximum Gasteiger partial charge on any atom is 0.303 e. The molecular weight excluding hydrogens is 248 g/mol. The van der Waals surface area contributed by atoms with Crippen molar-refractivity contribution in [3.63, 3.8) is 0 Å². The zero-order valence-corrected chi connectivity index (χ0v) is 11.0. The van der Waals surface area contributed by atoms with Gasteiger partial charge < -0.3 is 14.3 Å². The maximum absolute atomic E-state index is 10.4. The van der Waals surface area contributed by atoms with Crippen LogP contribution in [0.1, 0.15) is 50.3 Å². The third kappa shape index (κ3) is 4.98. The molecule has 2 heterocycles. The van der Waals surface area contributed by atoms with E-state index in [2.05, 4.69) is 10.2 Å². The molecule has 6 nitrogen and oxygen atoms in total. The topological polar surface area (TPSA) is 85.5 Å². The summed E-state index contributed by atoms with van der Waals surface area (Å²) in [6.07, 6.45) is 6.54. The Kier molecular flexibility index (Phi) is 5.32. The molecule has 0 radical (unpaired) electrons. The van der Waals surface area contributed by atoms with Crippen molar-refractivity contribution in [1.29, 1.82) is 0 Å². The second-order valence-corrected chi connectivity index (χ2v) is 4.86. The van der Waals surface area contributed by atoms with E-state index >= 15 is 0 Å². The average Bonchev–Trinajstić information content (AvgIpc) is 3.03. The Morgan fingerprint density at radius 3 is 2.74 bits per heavy atom. The molecule has 0 bridgehead atoms. The van der Waals surface area contributed by atoms with Crippen molar-refractivity contribution in [2.75, 3.05) is 6.61 Å². The predicted octanol–water partition coefficient (Wildman–Crippen LogP) is 1.98. The van der Waals surface area contributed by atoms with E-state index in [9.17, 15) is 4.79 Å². The van der Waals surface area contributed by atoms with E-state index in [1.54, 1.807) is 0 Å². The number of carboxylic acids is 1. The monoisotopic (exact) mass is 268 g/mol. The smallest absolute Gasteiger partial charge is 0.303 e. The van der Waals surface area contributed by atoms with Crippen molar-refractivity contribution in [1.82, 2.24) is 10.2 Å². The largest absolute Gasteiger partial charge is 0.481 e. The minimum atomic E-state index is -0.761. The zero-order chi connectivity index (χ0) is 13.5. The van der Waals surface area contributed by atoms with Gasteiger partial charge in [-0.3, -0.25) is 4.79 Å². The van der Waals surface area contributed by atoms with Crippen LogP contribution in [0.3, 0.4) is 0 Å². The number of carbonyl (C=O) groups is 1. The minimum Gasteiger partial charge on any atom is -0.481 e. The van der Waals surface area contributed by atoms with E-state index in [-0.39, 0.29) is 6.42 Å².